The van der Waals surface area contributed by atoms with Crippen molar-refractivity contribution in [2.45, 2.75) is 0 Å². The van der Waals surface area contributed by atoms with E-state index in [4.69, 9.17) is 11.6 Å². The van der Waals surface area contributed by atoms with Crippen molar-refractivity contribution in [1.82, 2.24) is 19.9 Å². The molecule has 0 radical (unpaired) electrons. The molecule has 2 heterocycles. The van der Waals surface area contributed by atoms with Crippen LogP contribution in [-0.2, 0) is 0 Å². The van der Waals surface area contributed by atoms with Gasteiger partial charge in [0.25, 0.3) is 0 Å². The number of hydrogen-bond acceptors (Lipinski definition) is 5. The van der Waals surface area contributed by atoms with E-state index in [1.165, 1.54) is 4.90 Å². The van der Waals surface area contributed by atoms with E-state index in [9.17, 15) is 4.39 Å². The van der Waals surface area contributed by atoms with E-state index < -0.39 is 5.82 Å². The summed E-state index contributed by atoms with van der Waals surface area (Å²) >= 11 is 5.73. The molecule has 3 aromatic rings. The molecular weight excluding hydrogens is 305 g/mol. The van der Waals surface area contributed by atoms with Gasteiger partial charge < -0.3 is 4.90 Å². The molecule has 5 nitrogen and oxygen atoms in total. The first-order valence-electron chi connectivity index (χ1n) is 6.45. The molecule has 7 heteroatoms. The zero-order chi connectivity index (χ0) is 15.5. The summed E-state index contributed by atoms with van der Waals surface area (Å²) in [5.74, 6) is 0.525. The number of nitrogens with zero attached hydrogens (tertiary/aromatic N) is 5. The topological polar surface area (TPSA) is 54.8 Å². The quantitative estimate of drug-likeness (QED) is 0.692. The van der Waals surface area contributed by atoms with Gasteiger partial charge in [-0.2, -0.15) is 4.98 Å². The molecule has 0 amide bonds. The Kier molecular flexibility index (Phi) is 3.93. The van der Waals surface area contributed by atoms with Gasteiger partial charge in [0, 0.05) is 18.8 Å². The van der Waals surface area contributed by atoms with Gasteiger partial charge in [-0.25, -0.2) is 19.3 Å². The van der Waals surface area contributed by atoms with Crippen molar-refractivity contribution in [1.29, 1.82) is 0 Å². The predicted molar refractivity (Wildman–Crippen MR) is 82.5 cm³/mol. The summed E-state index contributed by atoms with van der Waals surface area (Å²) in [5.41, 5.74) is 0.874. The summed E-state index contributed by atoms with van der Waals surface area (Å²) in [5, 5.41) is -0.0272. The third-order valence-corrected chi connectivity index (χ3v) is 3.21. The maximum absolute atomic E-state index is 13.9. The monoisotopic (exact) mass is 315 g/mol. The SMILES string of the molecule is CN(c1ccnc(-c2ccccc2)n1)c1nc(Cl)ncc1F. The fourth-order valence-electron chi connectivity index (χ4n) is 1.94. The summed E-state index contributed by atoms with van der Waals surface area (Å²) in [7, 11) is 1.65. The number of halogens is 2. The molecular formula is C15H11ClFN5. The van der Waals surface area contributed by atoms with Crippen molar-refractivity contribution >= 4 is 23.2 Å². The summed E-state index contributed by atoms with van der Waals surface area (Å²) in [6.07, 6.45) is 2.64. The van der Waals surface area contributed by atoms with Gasteiger partial charge in [0.15, 0.2) is 17.5 Å². The van der Waals surface area contributed by atoms with E-state index >= 15 is 0 Å². The maximum Gasteiger partial charge on any atom is 0.224 e. The fraction of sp³-hybridized carbons (Fsp3) is 0.0667. The Balaban J connectivity index is 2.00. The van der Waals surface area contributed by atoms with Crippen molar-refractivity contribution in [2.75, 3.05) is 11.9 Å². The first kappa shape index (κ1) is 14.3. The molecule has 0 bridgehead atoms. The van der Waals surface area contributed by atoms with Gasteiger partial charge in [0.2, 0.25) is 5.28 Å². The van der Waals surface area contributed by atoms with Crippen LogP contribution in [0.4, 0.5) is 16.0 Å². The standard InChI is InChI=1S/C15H11ClFN5/c1-22(14-11(17)9-19-15(16)21-14)12-7-8-18-13(20-12)10-5-3-2-4-6-10/h2-9H,1H3. The lowest BCUT2D eigenvalue weighted by atomic mass is 10.2. The lowest BCUT2D eigenvalue weighted by Gasteiger charge is -2.17. The highest BCUT2D eigenvalue weighted by atomic mass is 35.5. The molecule has 0 aliphatic carbocycles. The van der Waals surface area contributed by atoms with Crippen LogP contribution >= 0.6 is 11.6 Å². The lowest BCUT2D eigenvalue weighted by molar-refractivity contribution is 0.613. The highest BCUT2D eigenvalue weighted by molar-refractivity contribution is 6.28. The molecule has 0 N–H and O–H groups in total. The first-order valence-corrected chi connectivity index (χ1v) is 6.83. The number of aromatic nitrogens is 4. The molecule has 110 valence electrons. The minimum absolute atomic E-state index is 0.0272. The maximum atomic E-state index is 13.9. The Morgan fingerprint density at radius 1 is 1.05 bits per heavy atom. The van der Waals surface area contributed by atoms with E-state index in [1.54, 1.807) is 19.3 Å². The highest BCUT2D eigenvalue weighted by Gasteiger charge is 2.14. The molecule has 22 heavy (non-hydrogen) atoms. The second-order valence-corrected chi connectivity index (χ2v) is 4.81. The minimum atomic E-state index is -0.577. The molecule has 1 aromatic carbocycles. The van der Waals surface area contributed by atoms with Gasteiger partial charge in [0.05, 0.1) is 6.20 Å². The average molecular weight is 316 g/mol. The molecule has 0 spiro atoms. The predicted octanol–water partition coefficient (Wildman–Crippen LogP) is 3.49. The Bertz CT molecular complexity index is 797. The van der Waals surface area contributed by atoms with E-state index in [0.717, 1.165) is 11.8 Å². The van der Waals surface area contributed by atoms with Crippen LogP contribution in [0.3, 0.4) is 0 Å². The van der Waals surface area contributed by atoms with Gasteiger partial charge in [-0.3, -0.25) is 0 Å². The van der Waals surface area contributed by atoms with Crippen LogP contribution in [0, 0.1) is 5.82 Å². The van der Waals surface area contributed by atoms with Crippen LogP contribution in [0.5, 0.6) is 0 Å². The van der Waals surface area contributed by atoms with Gasteiger partial charge in [-0.1, -0.05) is 30.3 Å². The van der Waals surface area contributed by atoms with E-state index in [-0.39, 0.29) is 11.1 Å². The van der Waals surface area contributed by atoms with Crippen molar-refractivity contribution in [2.24, 2.45) is 0 Å². The Labute approximate surface area is 131 Å². The Morgan fingerprint density at radius 2 is 1.82 bits per heavy atom. The number of anilines is 2. The van der Waals surface area contributed by atoms with Gasteiger partial charge in [-0.05, 0) is 17.7 Å². The van der Waals surface area contributed by atoms with Crippen LogP contribution < -0.4 is 4.90 Å². The second kappa shape index (κ2) is 6.03. The largest absolute Gasteiger partial charge is 0.311 e. The van der Waals surface area contributed by atoms with Crippen LogP contribution in [0.2, 0.25) is 5.28 Å². The smallest absolute Gasteiger partial charge is 0.224 e. The second-order valence-electron chi connectivity index (χ2n) is 4.47. The van der Waals surface area contributed by atoms with E-state index in [0.29, 0.717) is 11.6 Å². The summed E-state index contributed by atoms with van der Waals surface area (Å²) in [4.78, 5) is 17.7. The molecule has 2 aromatic heterocycles. The van der Waals surface area contributed by atoms with Gasteiger partial charge in [0.1, 0.15) is 5.82 Å². The highest BCUT2D eigenvalue weighted by Crippen LogP contribution is 2.24. The molecule has 0 aliphatic heterocycles. The van der Waals surface area contributed by atoms with Crippen LogP contribution in [0.25, 0.3) is 11.4 Å². The van der Waals surface area contributed by atoms with Crippen molar-refractivity contribution in [3.05, 3.63) is 59.9 Å². The van der Waals surface area contributed by atoms with Crippen LogP contribution in [-0.4, -0.2) is 27.0 Å². The fourth-order valence-corrected chi connectivity index (χ4v) is 2.07. The summed E-state index contributed by atoms with van der Waals surface area (Å²) in [6, 6.07) is 11.2. The minimum Gasteiger partial charge on any atom is -0.311 e. The third kappa shape index (κ3) is 2.87. The molecule has 0 aliphatic rings. The normalized spacial score (nSPS) is 10.5. The van der Waals surface area contributed by atoms with E-state index in [2.05, 4.69) is 19.9 Å². The third-order valence-electron chi connectivity index (χ3n) is 3.03. The lowest BCUT2D eigenvalue weighted by Crippen LogP contribution is -2.15. The van der Waals surface area contributed by atoms with Crippen LogP contribution in [0.15, 0.2) is 48.8 Å². The Hall–Kier alpha value is -2.60. The molecule has 0 fully saturated rings. The van der Waals surface area contributed by atoms with Crippen molar-refractivity contribution in [3.63, 3.8) is 0 Å². The van der Waals surface area contributed by atoms with Crippen molar-refractivity contribution < 1.29 is 4.39 Å². The number of hydrogen-bond donors (Lipinski definition) is 0. The first-order chi connectivity index (χ1) is 10.6. The summed E-state index contributed by atoms with van der Waals surface area (Å²) in [6.45, 7) is 0. The number of rotatable bonds is 3. The molecule has 3 rings (SSSR count). The molecule has 0 saturated carbocycles. The molecule has 0 unspecified atom stereocenters. The zero-order valence-electron chi connectivity index (χ0n) is 11.6. The van der Waals surface area contributed by atoms with Gasteiger partial charge >= 0.3 is 0 Å². The average Bonchev–Trinajstić information content (AvgIpc) is 2.57. The van der Waals surface area contributed by atoms with Crippen LogP contribution in [0.1, 0.15) is 0 Å². The molecule has 0 atom stereocenters. The summed E-state index contributed by atoms with van der Waals surface area (Å²) < 4.78 is 13.9. The van der Waals surface area contributed by atoms with Crippen molar-refractivity contribution in [3.8, 4) is 11.4 Å². The van der Waals surface area contributed by atoms with Gasteiger partial charge in [-0.15, -0.1) is 0 Å². The Morgan fingerprint density at radius 3 is 2.59 bits per heavy atom. The number of benzene rings is 1. The molecule has 0 saturated heterocycles. The zero-order valence-corrected chi connectivity index (χ0v) is 12.4. The van der Waals surface area contributed by atoms with E-state index in [1.807, 2.05) is 30.3 Å².